The third-order valence-electron chi connectivity index (χ3n) is 5.91. The van der Waals surface area contributed by atoms with Gasteiger partial charge in [-0.25, -0.2) is 4.79 Å². The van der Waals surface area contributed by atoms with Crippen LogP contribution in [-0.2, 0) is 9.59 Å². The molecule has 3 aliphatic rings. The van der Waals surface area contributed by atoms with Crippen molar-refractivity contribution in [2.45, 2.75) is 70.0 Å². The molecule has 0 aromatic carbocycles. The Morgan fingerprint density at radius 1 is 1.24 bits per heavy atom. The molecule has 2 saturated heterocycles. The van der Waals surface area contributed by atoms with E-state index in [1.165, 1.54) is 0 Å². The number of rotatable bonds is 3. The predicted molar refractivity (Wildman–Crippen MR) is 96.5 cm³/mol. The maximum atomic E-state index is 12.8. The van der Waals surface area contributed by atoms with E-state index in [1.807, 2.05) is 13.8 Å². The Labute approximate surface area is 155 Å². The normalized spacial score (nSPS) is 35.3. The Bertz CT molecular complexity index is 544. The SMILES string of the molecule is CC1NCCCC1NC(=O)CN1C(=O)NC2(CCCCC2C)C1=O.Cl. The topological polar surface area (TPSA) is 90.5 Å². The second-order valence-corrected chi connectivity index (χ2v) is 7.50. The van der Waals surface area contributed by atoms with Gasteiger partial charge in [-0.15, -0.1) is 12.4 Å². The summed E-state index contributed by atoms with van der Waals surface area (Å²) in [5, 5.41) is 9.17. The highest BCUT2D eigenvalue weighted by molar-refractivity contribution is 6.09. The zero-order valence-electron chi connectivity index (χ0n) is 15.0. The summed E-state index contributed by atoms with van der Waals surface area (Å²) in [5.41, 5.74) is -0.796. The Hall–Kier alpha value is -1.34. The average Bonchev–Trinajstić information content (AvgIpc) is 2.78. The van der Waals surface area contributed by atoms with Gasteiger partial charge in [-0.1, -0.05) is 19.8 Å². The second-order valence-electron chi connectivity index (χ2n) is 7.50. The molecule has 25 heavy (non-hydrogen) atoms. The van der Waals surface area contributed by atoms with Gasteiger partial charge >= 0.3 is 6.03 Å². The summed E-state index contributed by atoms with van der Waals surface area (Å²) in [6.45, 7) is 4.82. The lowest BCUT2D eigenvalue weighted by molar-refractivity contribution is -0.137. The Kier molecular flexibility index (Phi) is 6.32. The van der Waals surface area contributed by atoms with Crippen LogP contribution in [0.2, 0.25) is 0 Å². The van der Waals surface area contributed by atoms with Crippen molar-refractivity contribution in [2.75, 3.05) is 13.1 Å². The highest BCUT2D eigenvalue weighted by Crippen LogP contribution is 2.38. The summed E-state index contributed by atoms with van der Waals surface area (Å²) in [4.78, 5) is 38.6. The molecule has 1 spiro atoms. The van der Waals surface area contributed by atoms with Gasteiger partial charge in [-0.2, -0.15) is 0 Å². The molecule has 1 saturated carbocycles. The van der Waals surface area contributed by atoms with Gasteiger partial charge in [-0.3, -0.25) is 14.5 Å². The minimum atomic E-state index is -0.796. The first-order valence-corrected chi connectivity index (χ1v) is 9.11. The highest BCUT2D eigenvalue weighted by Gasteiger charge is 2.55. The van der Waals surface area contributed by atoms with Gasteiger partial charge in [0.25, 0.3) is 5.91 Å². The van der Waals surface area contributed by atoms with Crippen molar-refractivity contribution in [1.29, 1.82) is 0 Å². The number of carbonyl (C=O) groups is 3. The van der Waals surface area contributed by atoms with Crippen LogP contribution in [0.1, 0.15) is 52.4 Å². The van der Waals surface area contributed by atoms with Crippen LogP contribution in [-0.4, -0.2) is 53.5 Å². The van der Waals surface area contributed by atoms with Crippen LogP contribution in [0.25, 0.3) is 0 Å². The van der Waals surface area contributed by atoms with Crippen molar-refractivity contribution in [1.82, 2.24) is 20.9 Å². The molecule has 0 aromatic rings. The van der Waals surface area contributed by atoms with Crippen LogP contribution in [0.15, 0.2) is 0 Å². The van der Waals surface area contributed by atoms with E-state index in [2.05, 4.69) is 16.0 Å². The molecule has 7 nitrogen and oxygen atoms in total. The van der Waals surface area contributed by atoms with E-state index < -0.39 is 11.6 Å². The maximum Gasteiger partial charge on any atom is 0.325 e. The average molecular weight is 373 g/mol. The molecule has 3 fully saturated rings. The quantitative estimate of drug-likeness (QED) is 0.648. The third kappa shape index (κ3) is 3.77. The lowest BCUT2D eigenvalue weighted by Crippen LogP contribution is -2.55. The Morgan fingerprint density at radius 2 is 2.00 bits per heavy atom. The van der Waals surface area contributed by atoms with E-state index in [4.69, 9.17) is 0 Å². The number of halogens is 1. The fraction of sp³-hybridized carbons (Fsp3) is 0.824. The molecule has 4 atom stereocenters. The molecule has 2 heterocycles. The molecule has 2 aliphatic heterocycles. The summed E-state index contributed by atoms with van der Waals surface area (Å²) in [7, 11) is 0. The van der Waals surface area contributed by atoms with E-state index in [1.54, 1.807) is 0 Å². The van der Waals surface area contributed by atoms with Crippen molar-refractivity contribution in [3.05, 3.63) is 0 Å². The summed E-state index contributed by atoms with van der Waals surface area (Å²) < 4.78 is 0. The first-order chi connectivity index (χ1) is 11.4. The number of imide groups is 1. The lowest BCUT2D eigenvalue weighted by atomic mass is 9.73. The van der Waals surface area contributed by atoms with Gasteiger partial charge in [0, 0.05) is 12.1 Å². The van der Waals surface area contributed by atoms with Crippen LogP contribution in [0.5, 0.6) is 0 Å². The molecule has 4 unspecified atom stereocenters. The van der Waals surface area contributed by atoms with Gasteiger partial charge < -0.3 is 16.0 Å². The number of hydrogen-bond acceptors (Lipinski definition) is 4. The largest absolute Gasteiger partial charge is 0.350 e. The van der Waals surface area contributed by atoms with Gasteiger partial charge in [0.15, 0.2) is 0 Å². The fourth-order valence-electron chi connectivity index (χ4n) is 4.28. The molecule has 4 amide bonds. The van der Waals surface area contributed by atoms with Crippen molar-refractivity contribution in [3.63, 3.8) is 0 Å². The molecule has 3 rings (SSSR count). The van der Waals surface area contributed by atoms with Crippen molar-refractivity contribution >= 4 is 30.3 Å². The van der Waals surface area contributed by atoms with Crippen LogP contribution in [0.4, 0.5) is 4.79 Å². The minimum Gasteiger partial charge on any atom is -0.350 e. The van der Waals surface area contributed by atoms with Gasteiger partial charge in [0.2, 0.25) is 5.91 Å². The molecule has 0 aromatic heterocycles. The number of amides is 4. The zero-order valence-corrected chi connectivity index (χ0v) is 15.8. The lowest BCUT2D eigenvalue weighted by Gasteiger charge is -2.36. The Balaban J connectivity index is 0.00000225. The molecule has 8 heteroatoms. The summed E-state index contributed by atoms with van der Waals surface area (Å²) in [5.74, 6) is -0.387. The van der Waals surface area contributed by atoms with Gasteiger partial charge in [-0.05, 0) is 45.1 Å². The monoisotopic (exact) mass is 372 g/mol. The molecular formula is C17H29ClN4O3. The van der Waals surface area contributed by atoms with E-state index in [0.717, 1.165) is 43.5 Å². The first-order valence-electron chi connectivity index (χ1n) is 9.11. The molecule has 142 valence electrons. The number of piperidine rings is 1. The number of hydrogen-bond donors (Lipinski definition) is 3. The van der Waals surface area contributed by atoms with E-state index >= 15 is 0 Å². The molecule has 1 aliphatic carbocycles. The van der Waals surface area contributed by atoms with Crippen LogP contribution in [0.3, 0.4) is 0 Å². The number of nitrogens with one attached hydrogen (secondary N) is 3. The number of nitrogens with zero attached hydrogens (tertiary/aromatic N) is 1. The second kappa shape index (κ2) is 7.91. The highest BCUT2D eigenvalue weighted by atomic mass is 35.5. The van der Waals surface area contributed by atoms with Gasteiger partial charge in [0.1, 0.15) is 12.1 Å². The molecule has 0 bridgehead atoms. The number of carbonyl (C=O) groups excluding carboxylic acids is 3. The number of urea groups is 1. The van der Waals surface area contributed by atoms with Crippen molar-refractivity contribution in [2.24, 2.45) is 5.92 Å². The van der Waals surface area contributed by atoms with Crippen LogP contribution in [0, 0.1) is 5.92 Å². The molecule has 3 N–H and O–H groups in total. The summed E-state index contributed by atoms with van der Waals surface area (Å²) in [6, 6.07) is -0.177. The minimum absolute atomic E-state index is 0. The summed E-state index contributed by atoms with van der Waals surface area (Å²) >= 11 is 0. The summed E-state index contributed by atoms with van der Waals surface area (Å²) in [6.07, 6.45) is 5.54. The Morgan fingerprint density at radius 3 is 2.68 bits per heavy atom. The predicted octanol–water partition coefficient (Wildman–Crippen LogP) is 1.17. The standard InChI is InChI=1S/C17H28N4O3.ClH/c1-11-6-3-4-8-17(11)15(23)21(16(24)20-17)10-14(22)19-13-7-5-9-18-12(13)2;/h11-13,18H,3-10H2,1-2H3,(H,19,22)(H,20,24);1H. The van der Waals surface area contributed by atoms with Gasteiger partial charge in [0.05, 0.1) is 0 Å². The van der Waals surface area contributed by atoms with Crippen molar-refractivity contribution < 1.29 is 14.4 Å². The fourth-order valence-corrected chi connectivity index (χ4v) is 4.28. The third-order valence-corrected chi connectivity index (χ3v) is 5.91. The zero-order chi connectivity index (χ0) is 17.3. The van der Waals surface area contributed by atoms with E-state index in [0.29, 0.717) is 6.42 Å². The first kappa shape index (κ1) is 20.0. The van der Waals surface area contributed by atoms with Crippen molar-refractivity contribution in [3.8, 4) is 0 Å². The smallest absolute Gasteiger partial charge is 0.325 e. The van der Waals surface area contributed by atoms with E-state index in [-0.39, 0.29) is 48.8 Å². The van der Waals surface area contributed by atoms with E-state index in [9.17, 15) is 14.4 Å². The molecule has 0 radical (unpaired) electrons. The van der Waals surface area contributed by atoms with Crippen LogP contribution >= 0.6 is 12.4 Å². The maximum absolute atomic E-state index is 12.8. The molecular weight excluding hydrogens is 344 g/mol. The van der Waals surface area contributed by atoms with Crippen LogP contribution < -0.4 is 16.0 Å².